The highest BCUT2D eigenvalue weighted by Crippen LogP contribution is 2.08. The molecule has 1 atom stereocenters. The summed E-state index contributed by atoms with van der Waals surface area (Å²) >= 11 is 0. The van der Waals surface area contributed by atoms with E-state index >= 15 is 0 Å². The van der Waals surface area contributed by atoms with Gasteiger partial charge in [0.2, 0.25) is 0 Å². The molecule has 0 saturated carbocycles. The molecule has 5 nitrogen and oxygen atoms in total. The standard InChI is InChI=1S/C10H22N4O.HI/c1-11-10(12-2)13-9-4-5-14(8-9)6-7-15-3;/h9H,4-8H2,1-3H3,(H2,11,12,13);1H. The molecular formula is C10H23IN4O. The maximum Gasteiger partial charge on any atom is 0.190 e. The van der Waals surface area contributed by atoms with E-state index in [1.165, 1.54) is 6.42 Å². The topological polar surface area (TPSA) is 48.9 Å². The Hall–Kier alpha value is -0.0800. The molecule has 0 bridgehead atoms. The minimum absolute atomic E-state index is 0. The van der Waals surface area contributed by atoms with Gasteiger partial charge in [-0.15, -0.1) is 24.0 Å². The monoisotopic (exact) mass is 342 g/mol. The number of rotatable bonds is 4. The SMILES string of the molecule is CN=C(NC)NC1CCN(CCOC)C1.I. The number of aliphatic imine (C=N–C) groups is 1. The number of methoxy groups -OCH3 is 1. The molecule has 16 heavy (non-hydrogen) atoms. The number of hydrogen-bond donors (Lipinski definition) is 2. The van der Waals surface area contributed by atoms with Crippen molar-refractivity contribution in [2.75, 3.05) is 47.4 Å². The third-order valence-corrected chi connectivity index (χ3v) is 2.69. The first-order valence-electron chi connectivity index (χ1n) is 5.42. The summed E-state index contributed by atoms with van der Waals surface area (Å²) in [5.74, 6) is 0.869. The molecule has 1 saturated heterocycles. The highest BCUT2D eigenvalue weighted by atomic mass is 127. The zero-order chi connectivity index (χ0) is 11.1. The number of guanidine groups is 1. The van der Waals surface area contributed by atoms with Crippen LogP contribution in [0.25, 0.3) is 0 Å². The Morgan fingerprint density at radius 2 is 2.31 bits per heavy atom. The van der Waals surface area contributed by atoms with Crippen LogP contribution in [0.5, 0.6) is 0 Å². The van der Waals surface area contributed by atoms with Gasteiger partial charge in [0, 0.05) is 46.9 Å². The first-order chi connectivity index (χ1) is 7.30. The van der Waals surface area contributed by atoms with Crippen LogP contribution in [-0.4, -0.2) is 64.3 Å². The van der Waals surface area contributed by atoms with Crippen molar-refractivity contribution in [2.24, 2.45) is 4.99 Å². The Morgan fingerprint density at radius 3 is 2.88 bits per heavy atom. The maximum absolute atomic E-state index is 5.06. The van der Waals surface area contributed by atoms with E-state index in [0.717, 1.165) is 32.2 Å². The first-order valence-corrected chi connectivity index (χ1v) is 5.42. The van der Waals surface area contributed by atoms with Crippen molar-refractivity contribution in [1.29, 1.82) is 0 Å². The average molecular weight is 342 g/mol. The largest absolute Gasteiger partial charge is 0.383 e. The number of likely N-dealkylation sites (tertiary alicyclic amines) is 1. The predicted molar refractivity (Wildman–Crippen MR) is 77.7 cm³/mol. The Morgan fingerprint density at radius 1 is 1.56 bits per heavy atom. The highest BCUT2D eigenvalue weighted by molar-refractivity contribution is 14.0. The van der Waals surface area contributed by atoms with Crippen molar-refractivity contribution in [3.63, 3.8) is 0 Å². The summed E-state index contributed by atoms with van der Waals surface area (Å²) < 4.78 is 5.06. The van der Waals surface area contributed by atoms with Crippen molar-refractivity contribution in [3.05, 3.63) is 0 Å². The van der Waals surface area contributed by atoms with Crippen LogP contribution in [-0.2, 0) is 4.74 Å². The Bertz CT molecular complexity index is 213. The van der Waals surface area contributed by atoms with Gasteiger partial charge in [0.1, 0.15) is 0 Å². The van der Waals surface area contributed by atoms with E-state index in [1.807, 2.05) is 7.05 Å². The third kappa shape index (κ3) is 5.31. The molecule has 2 N–H and O–H groups in total. The molecule has 0 radical (unpaired) electrons. The Balaban J connectivity index is 0.00000225. The lowest BCUT2D eigenvalue weighted by molar-refractivity contribution is 0.160. The Kier molecular flexibility index (Phi) is 8.96. The van der Waals surface area contributed by atoms with Gasteiger partial charge in [0.05, 0.1) is 6.61 Å². The number of nitrogens with zero attached hydrogens (tertiary/aromatic N) is 2. The molecule has 0 aliphatic carbocycles. The molecular weight excluding hydrogens is 319 g/mol. The van der Waals surface area contributed by atoms with Crippen molar-refractivity contribution >= 4 is 29.9 Å². The second kappa shape index (κ2) is 9.00. The third-order valence-electron chi connectivity index (χ3n) is 2.69. The molecule has 0 aromatic rings. The highest BCUT2D eigenvalue weighted by Gasteiger charge is 2.22. The van der Waals surface area contributed by atoms with Crippen LogP contribution >= 0.6 is 24.0 Å². The molecule has 96 valence electrons. The van der Waals surface area contributed by atoms with Crippen LogP contribution in [0.15, 0.2) is 4.99 Å². The fourth-order valence-corrected chi connectivity index (χ4v) is 1.82. The summed E-state index contributed by atoms with van der Waals surface area (Å²) in [6, 6.07) is 0.507. The minimum atomic E-state index is 0. The van der Waals surface area contributed by atoms with E-state index in [4.69, 9.17) is 4.74 Å². The average Bonchev–Trinajstić information content (AvgIpc) is 2.70. The summed E-state index contributed by atoms with van der Waals surface area (Å²) in [6.07, 6.45) is 1.17. The molecule has 6 heteroatoms. The van der Waals surface area contributed by atoms with Crippen molar-refractivity contribution in [1.82, 2.24) is 15.5 Å². The van der Waals surface area contributed by atoms with E-state index in [9.17, 15) is 0 Å². The molecule has 0 amide bonds. The molecule has 0 spiro atoms. The first kappa shape index (κ1) is 15.9. The summed E-state index contributed by atoms with van der Waals surface area (Å²) in [6.45, 7) is 4.05. The summed E-state index contributed by atoms with van der Waals surface area (Å²) in [4.78, 5) is 6.52. The van der Waals surface area contributed by atoms with E-state index in [2.05, 4.69) is 20.5 Å². The van der Waals surface area contributed by atoms with Gasteiger partial charge in [0.25, 0.3) is 0 Å². The van der Waals surface area contributed by atoms with Crippen LogP contribution in [0.3, 0.4) is 0 Å². The van der Waals surface area contributed by atoms with Gasteiger partial charge in [-0.25, -0.2) is 0 Å². The fraction of sp³-hybridized carbons (Fsp3) is 0.900. The van der Waals surface area contributed by atoms with Crippen molar-refractivity contribution in [2.45, 2.75) is 12.5 Å². The van der Waals surface area contributed by atoms with Crippen LogP contribution < -0.4 is 10.6 Å². The number of halogens is 1. The van der Waals surface area contributed by atoms with Crippen LogP contribution in [0, 0.1) is 0 Å². The zero-order valence-electron chi connectivity index (χ0n) is 10.3. The van der Waals surface area contributed by atoms with Crippen LogP contribution in [0.1, 0.15) is 6.42 Å². The van der Waals surface area contributed by atoms with E-state index in [0.29, 0.717) is 6.04 Å². The number of nitrogens with one attached hydrogen (secondary N) is 2. The lowest BCUT2D eigenvalue weighted by Crippen LogP contribution is -2.43. The van der Waals surface area contributed by atoms with E-state index in [1.54, 1.807) is 14.2 Å². The molecule has 1 aliphatic rings. The van der Waals surface area contributed by atoms with Gasteiger partial charge in [-0.1, -0.05) is 0 Å². The zero-order valence-corrected chi connectivity index (χ0v) is 12.7. The molecule has 1 fully saturated rings. The normalized spacial score (nSPS) is 21.7. The quantitative estimate of drug-likeness (QED) is 0.433. The molecule has 1 heterocycles. The van der Waals surface area contributed by atoms with Crippen LogP contribution in [0.2, 0.25) is 0 Å². The molecule has 0 aromatic heterocycles. The second-order valence-electron chi connectivity index (χ2n) is 3.75. The number of ether oxygens (including phenoxy) is 1. The van der Waals surface area contributed by atoms with Gasteiger partial charge in [0.15, 0.2) is 5.96 Å². The fourth-order valence-electron chi connectivity index (χ4n) is 1.82. The molecule has 1 aliphatic heterocycles. The number of hydrogen-bond acceptors (Lipinski definition) is 3. The van der Waals surface area contributed by atoms with Gasteiger partial charge >= 0.3 is 0 Å². The molecule has 1 rings (SSSR count). The lowest BCUT2D eigenvalue weighted by atomic mass is 10.3. The summed E-state index contributed by atoms with van der Waals surface area (Å²) in [7, 11) is 5.41. The minimum Gasteiger partial charge on any atom is -0.383 e. The molecule has 0 aromatic carbocycles. The Labute approximate surface area is 115 Å². The van der Waals surface area contributed by atoms with Crippen molar-refractivity contribution < 1.29 is 4.74 Å². The molecule has 1 unspecified atom stereocenters. The van der Waals surface area contributed by atoms with Crippen LogP contribution in [0.4, 0.5) is 0 Å². The van der Waals surface area contributed by atoms with Gasteiger partial charge in [-0.2, -0.15) is 0 Å². The van der Waals surface area contributed by atoms with E-state index < -0.39 is 0 Å². The van der Waals surface area contributed by atoms with E-state index in [-0.39, 0.29) is 24.0 Å². The van der Waals surface area contributed by atoms with Gasteiger partial charge in [-0.05, 0) is 6.42 Å². The lowest BCUT2D eigenvalue weighted by Gasteiger charge is -2.17. The predicted octanol–water partition coefficient (Wildman–Crippen LogP) is 0.120. The van der Waals surface area contributed by atoms with Gasteiger partial charge in [-0.3, -0.25) is 9.89 Å². The maximum atomic E-state index is 5.06. The van der Waals surface area contributed by atoms with Crippen molar-refractivity contribution in [3.8, 4) is 0 Å². The smallest absolute Gasteiger partial charge is 0.190 e. The summed E-state index contributed by atoms with van der Waals surface area (Å²) in [5.41, 5.74) is 0. The second-order valence-corrected chi connectivity index (χ2v) is 3.75. The summed E-state index contributed by atoms with van der Waals surface area (Å²) in [5, 5.41) is 6.41. The van der Waals surface area contributed by atoms with Gasteiger partial charge < -0.3 is 15.4 Å².